The Balaban J connectivity index is 1.69. The Morgan fingerprint density at radius 1 is 1.12 bits per heavy atom. The van der Waals surface area contributed by atoms with Crippen LogP contribution < -0.4 is 0 Å². The van der Waals surface area contributed by atoms with E-state index in [1.807, 2.05) is 55.5 Å². The Morgan fingerprint density at radius 3 is 2.60 bits per heavy atom. The van der Waals surface area contributed by atoms with Crippen molar-refractivity contribution in [1.29, 1.82) is 0 Å². The van der Waals surface area contributed by atoms with Crippen LogP contribution in [-0.4, -0.2) is 31.7 Å². The number of aryl methyl sites for hydroxylation is 2. The van der Waals surface area contributed by atoms with E-state index in [2.05, 4.69) is 22.4 Å². The number of nitrogens with zero attached hydrogens (tertiary/aromatic N) is 4. The van der Waals surface area contributed by atoms with Crippen molar-refractivity contribution < 1.29 is 4.79 Å². The zero-order valence-electron chi connectivity index (χ0n) is 14.3. The number of carbonyl (C=O) groups is 1. The molecule has 3 aromatic rings. The smallest absolute Gasteiger partial charge is 0.214 e. The standard InChI is InChI=1S/C19H20N4OS/c1-3-6-15-9-11-16(12-10-15)18(24)13-25-19-20-21-22-23(19)17-8-5-4-7-14(17)2/h4-5,7-12H,3,6,13H2,1-2H3. The number of thioether (sulfide) groups is 1. The molecule has 25 heavy (non-hydrogen) atoms. The number of para-hydroxylation sites is 1. The molecule has 0 fully saturated rings. The summed E-state index contributed by atoms with van der Waals surface area (Å²) in [4.78, 5) is 12.4. The molecule has 0 atom stereocenters. The van der Waals surface area contributed by atoms with Gasteiger partial charge in [0.2, 0.25) is 5.16 Å². The molecule has 0 aliphatic rings. The number of ketones is 1. The van der Waals surface area contributed by atoms with Gasteiger partial charge in [-0.15, -0.1) is 5.10 Å². The van der Waals surface area contributed by atoms with Crippen molar-refractivity contribution >= 4 is 17.5 Å². The molecular formula is C19H20N4OS. The summed E-state index contributed by atoms with van der Waals surface area (Å²) < 4.78 is 1.68. The third kappa shape index (κ3) is 4.14. The Labute approximate surface area is 151 Å². The predicted molar refractivity (Wildman–Crippen MR) is 99.4 cm³/mol. The molecule has 6 heteroatoms. The van der Waals surface area contributed by atoms with Gasteiger partial charge in [-0.2, -0.15) is 4.68 Å². The van der Waals surface area contributed by atoms with Crippen LogP contribution in [0.5, 0.6) is 0 Å². The largest absolute Gasteiger partial charge is 0.293 e. The summed E-state index contributed by atoms with van der Waals surface area (Å²) in [6, 6.07) is 15.7. The molecule has 0 aliphatic heterocycles. The SMILES string of the molecule is CCCc1ccc(C(=O)CSc2nnnn2-c2ccccc2C)cc1. The monoisotopic (exact) mass is 352 g/mol. The van der Waals surface area contributed by atoms with Gasteiger partial charge in [0, 0.05) is 5.56 Å². The van der Waals surface area contributed by atoms with Crippen molar-refractivity contribution in [1.82, 2.24) is 20.2 Å². The van der Waals surface area contributed by atoms with Crippen LogP contribution in [0.2, 0.25) is 0 Å². The zero-order chi connectivity index (χ0) is 17.6. The fourth-order valence-electron chi connectivity index (χ4n) is 2.58. The number of tetrazole rings is 1. The predicted octanol–water partition coefficient (Wildman–Crippen LogP) is 3.90. The Bertz CT molecular complexity index is 858. The van der Waals surface area contributed by atoms with Gasteiger partial charge in [0.15, 0.2) is 5.78 Å². The summed E-state index contributed by atoms with van der Waals surface area (Å²) >= 11 is 1.35. The van der Waals surface area contributed by atoms with Crippen LogP contribution >= 0.6 is 11.8 Å². The first kappa shape index (κ1) is 17.4. The van der Waals surface area contributed by atoms with Crippen LogP contribution in [0.3, 0.4) is 0 Å². The second-order valence-corrected chi connectivity index (χ2v) is 6.76. The minimum absolute atomic E-state index is 0.0763. The molecule has 1 aromatic heterocycles. The summed E-state index contributed by atoms with van der Waals surface area (Å²) in [5.74, 6) is 0.381. The maximum Gasteiger partial charge on any atom is 0.214 e. The van der Waals surface area contributed by atoms with Crippen molar-refractivity contribution in [2.75, 3.05) is 5.75 Å². The molecule has 2 aromatic carbocycles. The number of benzene rings is 2. The number of hydrogen-bond acceptors (Lipinski definition) is 5. The van der Waals surface area contributed by atoms with E-state index in [0.717, 1.165) is 29.7 Å². The first-order valence-electron chi connectivity index (χ1n) is 8.28. The zero-order valence-corrected chi connectivity index (χ0v) is 15.2. The van der Waals surface area contributed by atoms with Crippen LogP contribution in [0.25, 0.3) is 5.69 Å². The van der Waals surface area contributed by atoms with E-state index in [0.29, 0.717) is 10.9 Å². The van der Waals surface area contributed by atoms with Gasteiger partial charge in [0.1, 0.15) is 0 Å². The van der Waals surface area contributed by atoms with Crippen molar-refractivity contribution in [3.05, 3.63) is 65.2 Å². The van der Waals surface area contributed by atoms with Gasteiger partial charge in [-0.1, -0.05) is 67.6 Å². The number of hydrogen-bond donors (Lipinski definition) is 0. The topological polar surface area (TPSA) is 60.7 Å². The molecule has 128 valence electrons. The van der Waals surface area contributed by atoms with Gasteiger partial charge in [-0.25, -0.2) is 0 Å². The van der Waals surface area contributed by atoms with E-state index in [1.165, 1.54) is 17.3 Å². The summed E-state index contributed by atoms with van der Waals surface area (Å²) in [5, 5.41) is 12.5. The van der Waals surface area contributed by atoms with E-state index >= 15 is 0 Å². The van der Waals surface area contributed by atoms with E-state index in [9.17, 15) is 4.79 Å². The molecule has 0 amide bonds. The van der Waals surface area contributed by atoms with E-state index in [4.69, 9.17) is 0 Å². The Kier molecular flexibility index (Phi) is 5.60. The number of Topliss-reactive ketones (excluding diaryl/α,β-unsaturated/α-hetero) is 1. The van der Waals surface area contributed by atoms with Crippen molar-refractivity contribution in [2.45, 2.75) is 31.8 Å². The molecule has 5 nitrogen and oxygen atoms in total. The highest BCUT2D eigenvalue weighted by Crippen LogP contribution is 2.21. The Morgan fingerprint density at radius 2 is 1.88 bits per heavy atom. The lowest BCUT2D eigenvalue weighted by Crippen LogP contribution is -2.06. The van der Waals surface area contributed by atoms with Crippen molar-refractivity contribution in [3.8, 4) is 5.69 Å². The molecule has 1 heterocycles. The fraction of sp³-hybridized carbons (Fsp3) is 0.263. The minimum atomic E-state index is 0.0763. The highest BCUT2D eigenvalue weighted by atomic mass is 32.2. The van der Waals surface area contributed by atoms with Crippen LogP contribution in [0.4, 0.5) is 0 Å². The van der Waals surface area contributed by atoms with Crippen molar-refractivity contribution in [3.63, 3.8) is 0 Å². The van der Waals surface area contributed by atoms with Crippen LogP contribution in [0.15, 0.2) is 53.7 Å². The fourth-order valence-corrected chi connectivity index (χ4v) is 3.36. The molecule has 0 aliphatic carbocycles. The normalized spacial score (nSPS) is 10.8. The lowest BCUT2D eigenvalue weighted by molar-refractivity contribution is 0.102. The minimum Gasteiger partial charge on any atom is -0.293 e. The molecule has 0 saturated carbocycles. The van der Waals surface area contributed by atoms with Crippen molar-refractivity contribution in [2.24, 2.45) is 0 Å². The molecule has 0 N–H and O–H groups in total. The third-order valence-electron chi connectivity index (χ3n) is 3.93. The average molecular weight is 352 g/mol. The van der Waals surface area contributed by atoms with Crippen LogP contribution in [0, 0.1) is 6.92 Å². The lowest BCUT2D eigenvalue weighted by atomic mass is 10.1. The first-order valence-corrected chi connectivity index (χ1v) is 9.27. The highest BCUT2D eigenvalue weighted by molar-refractivity contribution is 7.99. The lowest BCUT2D eigenvalue weighted by Gasteiger charge is -2.07. The summed E-state index contributed by atoms with van der Waals surface area (Å²) in [6.45, 7) is 4.16. The summed E-state index contributed by atoms with van der Waals surface area (Å²) in [6.07, 6.45) is 2.14. The first-order chi connectivity index (χ1) is 12.2. The molecule has 0 bridgehead atoms. The van der Waals surface area contributed by atoms with Gasteiger partial charge in [0.05, 0.1) is 11.4 Å². The van der Waals surface area contributed by atoms with Crippen LogP contribution in [-0.2, 0) is 6.42 Å². The summed E-state index contributed by atoms with van der Waals surface area (Å²) in [5.41, 5.74) is 3.98. The van der Waals surface area contributed by atoms with Crippen LogP contribution in [0.1, 0.15) is 34.8 Å². The van der Waals surface area contributed by atoms with Gasteiger partial charge in [0.25, 0.3) is 0 Å². The molecule has 0 unspecified atom stereocenters. The number of aromatic nitrogens is 4. The van der Waals surface area contributed by atoms with Gasteiger partial charge in [-0.3, -0.25) is 4.79 Å². The molecule has 0 radical (unpaired) electrons. The quantitative estimate of drug-likeness (QED) is 0.477. The van der Waals surface area contributed by atoms with E-state index < -0.39 is 0 Å². The molecule has 0 spiro atoms. The second kappa shape index (κ2) is 8.07. The number of carbonyl (C=O) groups excluding carboxylic acids is 1. The summed E-state index contributed by atoms with van der Waals surface area (Å²) in [7, 11) is 0. The van der Waals surface area contributed by atoms with Gasteiger partial charge in [-0.05, 0) is 41.0 Å². The maximum absolute atomic E-state index is 12.4. The maximum atomic E-state index is 12.4. The second-order valence-electron chi connectivity index (χ2n) is 5.82. The molecule has 0 saturated heterocycles. The van der Waals surface area contributed by atoms with E-state index in [1.54, 1.807) is 4.68 Å². The molecular weight excluding hydrogens is 332 g/mol. The van der Waals surface area contributed by atoms with Gasteiger partial charge < -0.3 is 0 Å². The number of rotatable bonds is 7. The third-order valence-corrected chi connectivity index (χ3v) is 4.85. The van der Waals surface area contributed by atoms with E-state index in [-0.39, 0.29) is 5.78 Å². The Hall–Kier alpha value is -2.47. The van der Waals surface area contributed by atoms with Gasteiger partial charge >= 0.3 is 0 Å². The highest BCUT2D eigenvalue weighted by Gasteiger charge is 2.13. The average Bonchev–Trinajstić information content (AvgIpc) is 3.09. The molecule has 3 rings (SSSR count).